The van der Waals surface area contributed by atoms with Gasteiger partial charge < -0.3 is 24.6 Å². The number of nitrogens with one attached hydrogen (secondary N) is 1. The summed E-state index contributed by atoms with van der Waals surface area (Å²) in [5.74, 6) is -6.39. The number of nitrogens with zero attached hydrogens (tertiary/aromatic N) is 2. The molecular formula is C21H19F3N3NaO5. The SMILES string of the molecule is CCC1CCN2C(=O)c3c([O-])c(=O)c(C(=O)NCc4c(F)cc(F)cc4F)cn3CC2O1.[Na+]. The Morgan fingerprint density at radius 1 is 1.24 bits per heavy atom. The number of fused-ring (bicyclic) bond motifs is 2. The number of pyridine rings is 1. The minimum atomic E-state index is -1.21. The van der Waals surface area contributed by atoms with Gasteiger partial charge in [0.25, 0.3) is 11.8 Å². The Morgan fingerprint density at radius 3 is 2.55 bits per heavy atom. The molecule has 1 fully saturated rings. The molecule has 3 heterocycles. The normalized spacial score (nSPS) is 19.4. The van der Waals surface area contributed by atoms with Gasteiger partial charge in [0.15, 0.2) is 11.7 Å². The molecule has 1 saturated heterocycles. The van der Waals surface area contributed by atoms with Crippen molar-refractivity contribution in [2.45, 2.75) is 45.2 Å². The molecule has 33 heavy (non-hydrogen) atoms. The molecule has 1 N–H and O–H groups in total. The maximum absolute atomic E-state index is 13.8. The van der Waals surface area contributed by atoms with Crippen molar-refractivity contribution in [1.29, 1.82) is 0 Å². The van der Waals surface area contributed by atoms with Crippen molar-refractivity contribution >= 4 is 11.8 Å². The summed E-state index contributed by atoms with van der Waals surface area (Å²) in [6.07, 6.45) is 1.72. The van der Waals surface area contributed by atoms with Gasteiger partial charge in [-0.3, -0.25) is 14.4 Å². The Kier molecular flexibility index (Phi) is 7.57. The van der Waals surface area contributed by atoms with Crippen molar-refractivity contribution in [2.75, 3.05) is 6.54 Å². The van der Waals surface area contributed by atoms with Gasteiger partial charge in [0.2, 0.25) is 0 Å². The molecule has 2 aliphatic rings. The van der Waals surface area contributed by atoms with E-state index in [9.17, 15) is 32.7 Å². The summed E-state index contributed by atoms with van der Waals surface area (Å²) in [5, 5.41) is 14.8. The molecule has 8 nitrogen and oxygen atoms in total. The Labute approximate surface area is 208 Å². The Balaban J connectivity index is 0.00000306. The van der Waals surface area contributed by atoms with E-state index in [1.54, 1.807) is 0 Å². The quantitative estimate of drug-likeness (QED) is 0.531. The van der Waals surface area contributed by atoms with Crippen LogP contribution in [0.5, 0.6) is 5.75 Å². The fraction of sp³-hybridized carbons (Fsp3) is 0.381. The molecule has 0 bridgehead atoms. The average Bonchev–Trinajstić information content (AvgIpc) is 2.74. The third-order valence-corrected chi connectivity index (χ3v) is 5.68. The van der Waals surface area contributed by atoms with Crippen molar-refractivity contribution in [3.63, 3.8) is 0 Å². The number of aromatic nitrogens is 1. The van der Waals surface area contributed by atoms with E-state index in [1.165, 1.54) is 9.47 Å². The van der Waals surface area contributed by atoms with Crippen molar-refractivity contribution in [3.05, 3.63) is 62.8 Å². The maximum Gasteiger partial charge on any atom is 1.00 e. The van der Waals surface area contributed by atoms with Crippen LogP contribution in [0, 0.1) is 17.5 Å². The van der Waals surface area contributed by atoms with E-state index < -0.39 is 64.3 Å². The van der Waals surface area contributed by atoms with Crippen molar-refractivity contribution in [2.24, 2.45) is 0 Å². The zero-order chi connectivity index (χ0) is 23.2. The second-order valence-corrected chi connectivity index (χ2v) is 7.64. The molecule has 0 aliphatic carbocycles. The minimum Gasteiger partial charge on any atom is -0.868 e. The summed E-state index contributed by atoms with van der Waals surface area (Å²) in [6, 6.07) is 0.915. The predicted molar refractivity (Wildman–Crippen MR) is 102 cm³/mol. The summed E-state index contributed by atoms with van der Waals surface area (Å²) in [6.45, 7) is 1.70. The van der Waals surface area contributed by atoms with Crippen LogP contribution in [0.4, 0.5) is 13.2 Å². The molecule has 0 saturated carbocycles. The molecule has 2 aromatic rings. The second kappa shape index (κ2) is 9.88. The first kappa shape index (κ1) is 25.3. The first-order chi connectivity index (χ1) is 15.2. The number of benzene rings is 1. The van der Waals surface area contributed by atoms with Crippen LogP contribution < -0.4 is 45.4 Å². The van der Waals surface area contributed by atoms with E-state index in [-0.39, 0.29) is 47.9 Å². The molecule has 0 spiro atoms. The number of carbonyl (C=O) groups excluding carboxylic acids is 2. The van der Waals surface area contributed by atoms with Crippen LogP contribution in [-0.2, 0) is 17.8 Å². The van der Waals surface area contributed by atoms with Crippen LogP contribution >= 0.6 is 0 Å². The summed E-state index contributed by atoms with van der Waals surface area (Å²) in [5.41, 5.74) is -2.75. The number of carbonyl (C=O) groups is 2. The number of hydrogen-bond donors (Lipinski definition) is 1. The summed E-state index contributed by atoms with van der Waals surface area (Å²) < 4.78 is 47.7. The van der Waals surface area contributed by atoms with Gasteiger partial charge in [-0.2, -0.15) is 0 Å². The Hall–Kier alpha value is -2.34. The number of rotatable bonds is 4. The topological polar surface area (TPSA) is 104 Å². The molecule has 2 amide bonds. The Bertz CT molecular complexity index is 1150. The number of hydrogen-bond acceptors (Lipinski definition) is 5. The van der Waals surface area contributed by atoms with Gasteiger partial charge in [-0.1, -0.05) is 6.92 Å². The molecule has 170 valence electrons. The van der Waals surface area contributed by atoms with E-state index >= 15 is 0 Å². The van der Waals surface area contributed by atoms with Crippen LogP contribution in [0.25, 0.3) is 0 Å². The summed E-state index contributed by atoms with van der Waals surface area (Å²) >= 11 is 0. The Morgan fingerprint density at radius 2 is 1.91 bits per heavy atom. The van der Waals surface area contributed by atoms with Crippen molar-refractivity contribution in [1.82, 2.24) is 14.8 Å². The van der Waals surface area contributed by atoms with Crippen molar-refractivity contribution in [3.8, 4) is 5.75 Å². The molecule has 2 aliphatic heterocycles. The summed E-state index contributed by atoms with van der Waals surface area (Å²) in [4.78, 5) is 39.2. The average molecular weight is 473 g/mol. The molecule has 0 radical (unpaired) electrons. The number of amides is 2. The smallest absolute Gasteiger partial charge is 0.868 e. The second-order valence-electron chi connectivity index (χ2n) is 7.64. The maximum atomic E-state index is 13.8. The minimum absolute atomic E-state index is 0. The molecule has 1 aromatic heterocycles. The van der Waals surface area contributed by atoms with Crippen LogP contribution in [0.15, 0.2) is 23.1 Å². The summed E-state index contributed by atoms with van der Waals surface area (Å²) in [7, 11) is 0. The van der Waals surface area contributed by atoms with Gasteiger partial charge in [0.1, 0.15) is 28.7 Å². The van der Waals surface area contributed by atoms with E-state index in [0.717, 1.165) is 12.6 Å². The van der Waals surface area contributed by atoms with Crippen molar-refractivity contribution < 1.29 is 62.2 Å². The van der Waals surface area contributed by atoms with Gasteiger partial charge in [-0.15, -0.1) is 0 Å². The van der Waals surface area contributed by atoms with Crippen LogP contribution in [0.1, 0.15) is 46.2 Å². The van der Waals surface area contributed by atoms with E-state index in [4.69, 9.17) is 4.74 Å². The van der Waals surface area contributed by atoms with Crippen LogP contribution in [0.3, 0.4) is 0 Å². The first-order valence-electron chi connectivity index (χ1n) is 10.0. The van der Waals surface area contributed by atoms with Gasteiger partial charge in [0.05, 0.1) is 12.6 Å². The third-order valence-electron chi connectivity index (χ3n) is 5.68. The molecular weight excluding hydrogens is 454 g/mol. The molecule has 2 unspecified atom stereocenters. The number of ether oxygens (including phenoxy) is 1. The zero-order valence-electron chi connectivity index (χ0n) is 18.0. The third kappa shape index (κ3) is 4.68. The van der Waals surface area contributed by atoms with E-state index in [1.807, 2.05) is 6.92 Å². The fourth-order valence-electron chi connectivity index (χ4n) is 3.94. The molecule has 2 atom stereocenters. The molecule has 12 heteroatoms. The standard InChI is InChI=1S/C21H20F3N3O5.Na/c1-2-11-3-4-27-16(32-11)9-26-8-13(18(28)19(29)17(26)21(27)31)20(30)25-7-12-14(23)5-10(22)6-15(12)24;/h5-6,8,11,16,29H,2-4,7,9H2,1H3,(H,25,30);/q;+1/p-1. The first-order valence-corrected chi connectivity index (χ1v) is 10.0. The van der Waals surface area contributed by atoms with E-state index in [2.05, 4.69) is 5.32 Å². The van der Waals surface area contributed by atoms with Crippen LogP contribution in [0.2, 0.25) is 0 Å². The van der Waals surface area contributed by atoms with Gasteiger partial charge >= 0.3 is 29.6 Å². The monoisotopic (exact) mass is 473 g/mol. The largest absolute Gasteiger partial charge is 1.00 e. The predicted octanol–water partition coefficient (Wildman–Crippen LogP) is -1.75. The van der Waals surface area contributed by atoms with Gasteiger partial charge in [-0.25, -0.2) is 13.2 Å². The van der Waals surface area contributed by atoms with Gasteiger partial charge in [-0.05, 0) is 18.6 Å². The fourth-order valence-corrected chi connectivity index (χ4v) is 3.94. The van der Waals surface area contributed by atoms with E-state index in [0.29, 0.717) is 25.1 Å². The zero-order valence-corrected chi connectivity index (χ0v) is 20.0. The van der Waals surface area contributed by atoms with Crippen LogP contribution in [-0.4, -0.2) is 40.2 Å². The number of halogens is 3. The molecule has 4 rings (SSSR count). The van der Waals surface area contributed by atoms with Gasteiger partial charge in [0, 0.05) is 37.0 Å². The molecule has 1 aromatic carbocycles.